The van der Waals surface area contributed by atoms with Crippen molar-refractivity contribution in [2.45, 2.75) is 40.0 Å². The molecule has 2 atom stereocenters. The van der Waals surface area contributed by atoms with Crippen molar-refractivity contribution in [2.75, 3.05) is 19.7 Å². The Bertz CT molecular complexity index is 998. The first-order chi connectivity index (χ1) is 16.1. The lowest BCUT2D eigenvalue weighted by atomic mass is 9.84. The van der Waals surface area contributed by atoms with Gasteiger partial charge >= 0.3 is 12.1 Å². The average molecular weight is 467 g/mol. The highest BCUT2D eigenvalue weighted by atomic mass is 16.5. The van der Waals surface area contributed by atoms with Crippen molar-refractivity contribution in [3.05, 3.63) is 59.7 Å². The molecule has 1 aliphatic carbocycles. The molecule has 2 amide bonds. The molecule has 1 aliphatic rings. The molecule has 0 heterocycles. The Labute approximate surface area is 200 Å². The van der Waals surface area contributed by atoms with Gasteiger partial charge in [-0.15, -0.1) is 0 Å². The summed E-state index contributed by atoms with van der Waals surface area (Å²) in [5.74, 6) is -2.47. The first kappa shape index (κ1) is 25.3. The van der Waals surface area contributed by atoms with Crippen molar-refractivity contribution in [2.24, 2.45) is 17.3 Å². The van der Waals surface area contributed by atoms with Crippen LogP contribution in [0.3, 0.4) is 0 Å². The first-order valence-corrected chi connectivity index (χ1v) is 11.7. The number of nitrogens with one attached hydrogen (secondary N) is 2. The molecule has 0 bridgehead atoms. The summed E-state index contributed by atoms with van der Waals surface area (Å²) in [6, 6.07) is 16.3. The van der Waals surface area contributed by atoms with Crippen LogP contribution in [-0.2, 0) is 14.3 Å². The number of benzene rings is 2. The molecule has 0 saturated heterocycles. The lowest BCUT2D eigenvalue weighted by Gasteiger charge is -2.26. The van der Waals surface area contributed by atoms with Gasteiger partial charge in [0.25, 0.3) is 0 Å². The normalized spacial score (nSPS) is 14.5. The van der Waals surface area contributed by atoms with Gasteiger partial charge in [0.05, 0.1) is 11.8 Å². The van der Waals surface area contributed by atoms with Gasteiger partial charge in [-0.1, -0.05) is 76.2 Å². The van der Waals surface area contributed by atoms with Crippen LogP contribution >= 0.6 is 0 Å². The van der Waals surface area contributed by atoms with E-state index < -0.39 is 23.9 Å². The lowest BCUT2D eigenvalue weighted by molar-refractivity contribution is -0.141. The third-order valence-corrected chi connectivity index (χ3v) is 6.07. The maximum absolute atomic E-state index is 12.7. The molecule has 2 aromatic carbocycles. The molecule has 0 radical (unpaired) electrons. The molecule has 3 N–H and O–H groups in total. The summed E-state index contributed by atoms with van der Waals surface area (Å²) in [7, 11) is 0. The number of carbonyl (C=O) groups is 3. The number of ether oxygens (including phenoxy) is 1. The minimum atomic E-state index is -0.968. The van der Waals surface area contributed by atoms with Crippen molar-refractivity contribution < 1.29 is 24.2 Å². The highest BCUT2D eigenvalue weighted by Crippen LogP contribution is 2.44. The van der Waals surface area contributed by atoms with Gasteiger partial charge in [0, 0.05) is 19.0 Å². The third-order valence-electron chi connectivity index (χ3n) is 6.07. The molecular formula is C27H34N2O5. The van der Waals surface area contributed by atoms with E-state index in [-0.39, 0.29) is 36.9 Å². The third kappa shape index (κ3) is 6.37. The van der Waals surface area contributed by atoms with E-state index >= 15 is 0 Å². The van der Waals surface area contributed by atoms with Crippen molar-refractivity contribution in [1.29, 1.82) is 0 Å². The minimum absolute atomic E-state index is 0.0377. The molecule has 2 unspecified atom stereocenters. The van der Waals surface area contributed by atoms with E-state index in [1.165, 1.54) is 6.92 Å². The number of carboxylic acids is 1. The van der Waals surface area contributed by atoms with E-state index in [1.54, 1.807) is 0 Å². The van der Waals surface area contributed by atoms with E-state index in [0.29, 0.717) is 6.42 Å². The van der Waals surface area contributed by atoms with Gasteiger partial charge in [0.2, 0.25) is 5.91 Å². The predicted molar refractivity (Wildman–Crippen MR) is 130 cm³/mol. The summed E-state index contributed by atoms with van der Waals surface area (Å²) in [5, 5.41) is 14.5. The Kier molecular flexibility index (Phi) is 7.97. The van der Waals surface area contributed by atoms with Crippen LogP contribution in [0.4, 0.5) is 4.79 Å². The summed E-state index contributed by atoms with van der Waals surface area (Å²) in [4.78, 5) is 36.3. The number of fused-ring (bicyclic) bond motifs is 3. The summed E-state index contributed by atoms with van der Waals surface area (Å²) in [6.45, 7) is 7.94. The minimum Gasteiger partial charge on any atom is -0.481 e. The zero-order valence-electron chi connectivity index (χ0n) is 20.3. The molecule has 7 heteroatoms. The summed E-state index contributed by atoms with van der Waals surface area (Å²) >= 11 is 0. The highest BCUT2D eigenvalue weighted by molar-refractivity contribution is 5.81. The topological polar surface area (TPSA) is 105 Å². The second-order valence-electron chi connectivity index (χ2n) is 10.2. The zero-order valence-corrected chi connectivity index (χ0v) is 20.3. The number of carboxylic acid groups (broad SMARTS) is 1. The number of carbonyl (C=O) groups excluding carboxylic acids is 2. The fourth-order valence-corrected chi connectivity index (χ4v) is 4.34. The monoisotopic (exact) mass is 466 g/mol. The van der Waals surface area contributed by atoms with Crippen molar-refractivity contribution in [1.82, 2.24) is 10.6 Å². The number of rotatable bonds is 9. The largest absolute Gasteiger partial charge is 0.481 e. The smallest absolute Gasteiger partial charge is 0.407 e. The number of hydrogen-bond acceptors (Lipinski definition) is 4. The van der Waals surface area contributed by atoms with Crippen LogP contribution in [0.15, 0.2) is 48.5 Å². The van der Waals surface area contributed by atoms with Crippen LogP contribution in [0.25, 0.3) is 11.1 Å². The van der Waals surface area contributed by atoms with Gasteiger partial charge in [0.15, 0.2) is 0 Å². The molecule has 0 fully saturated rings. The Morgan fingerprint density at radius 3 is 2.03 bits per heavy atom. The standard InChI is InChI=1S/C27H34N2O5/c1-17(25(31)32)14-28-24(30)18(13-27(2,3)4)15-29-26(33)34-16-23-21-11-7-5-9-19(21)20-10-6-8-12-22(20)23/h5-12,17-18,23H,13-16H2,1-4H3,(H,28,30)(H,29,33)(H,31,32). The number of aliphatic carboxylic acids is 1. The van der Waals surface area contributed by atoms with Gasteiger partial charge in [-0.25, -0.2) is 4.79 Å². The fraction of sp³-hybridized carbons (Fsp3) is 0.444. The van der Waals surface area contributed by atoms with Crippen LogP contribution < -0.4 is 10.6 Å². The molecule has 0 aliphatic heterocycles. The van der Waals surface area contributed by atoms with Gasteiger partial charge in [-0.05, 0) is 34.1 Å². The number of hydrogen-bond donors (Lipinski definition) is 3. The Morgan fingerprint density at radius 1 is 0.941 bits per heavy atom. The first-order valence-electron chi connectivity index (χ1n) is 11.7. The molecule has 0 spiro atoms. The van der Waals surface area contributed by atoms with E-state index in [4.69, 9.17) is 9.84 Å². The lowest BCUT2D eigenvalue weighted by Crippen LogP contribution is -2.42. The van der Waals surface area contributed by atoms with E-state index in [1.807, 2.05) is 45.0 Å². The van der Waals surface area contributed by atoms with Crippen LogP contribution in [0.5, 0.6) is 0 Å². The van der Waals surface area contributed by atoms with Crippen molar-refractivity contribution in [3.8, 4) is 11.1 Å². The van der Waals surface area contributed by atoms with Gasteiger partial charge < -0.3 is 20.5 Å². The Morgan fingerprint density at radius 2 is 1.50 bits per heavy atom. The van der Waals surface area contributed by atoms with Crippen LogP contribution in [0.2, 0.25) is 0 Å². The van der Waals surface area contributed by atoms with E-state index in [0.717, 1.165) is 22.3 Å². The van der Waals surface area contributed by atoms with Crippen molar-refractivity contribution >= 4 is 18.0 Å². The van der Waals surface area contributed by atoms with Gasteiger partial charge in [-0.3, -0.25) is 9.59 Å². The number of amides is 2. The molecule has 2 aromatic rings. The molecule has 3 rings (SSSR count). The van der Waals surface area contributed by atoms with Gasteiger partial charge in [-0.2, -0.15) is 0 Å². The molecule has 182 valence electrons. The van der Waals surface area contributed by atoms with Crippen LogP contribution in [-0.4, -0.2) is 42.8 Å². The molecule has 0 saturated carbocycles. The summed E-state index contributed by atoms with van der Waals surface area (Å²) in [6.07, 6.45) is -0.0447. The van der Waals surface area contributed by atoms with Crippen molar-refractivity contribution in [3.63, 3.8) is 0 Å². The zero-order chi connectivity index (χ0) is 24.9. The molecule has 34 heavy (non-hydrogen) atoms. The average Bonchev–Trinajstić information content (AvgIpc) is 3.11. The Balaban J connectivity index is 1.58. The maximum Gasteiger partial charge on any atom is 0.407 e. The quantitative estimate of drug-likeness (QED) is 0.508. The summed E-state index contributed by atoms with van der Waals surface area (Å²) in [5.41, 5.74) is 4.43. The van der Waals surface area contributed by atoms with E-state index in [9.17, 15) is 14.4 Å². The van der Waals surface area contributed by atoms with Crippen LogP contribution in [0.1, 0.15) is 51.2 Å². The predicted octanol–water partition coefficient (Wildman–Crippen LogP) is 4.41. The fourth-order valence-electron chi connectivity index (χ4n) is 4.34. The SMILES string of the molecule is CC(CNC(=O)C(CNC(=O)OCC1c2ccccc2-c2ccccc21)CC(C)(C)C)C(=O)O. The maximum atomic E-state index is 12.7. The van der Waals surface area contributed by atoms with Crippen LogP contribution in [0, 0.1) is 17.3 Å². The van der Waals surface area contributed by atoms with Gasteiger partial charge in [0.1, 0.15) is 6.61 Å². The van der Waals surface area contributed by atoms with E-state index in [2.05, 4.69) is 34.9 Å². The highest BCUT2D eigenvalue weighted by Gasteiger charge is 2.30. The molecule has 7 nitrogen and oxygen atoms in total. The molecule has 0 aromatic heterocycles. The number of alkyl carbamates (subject to hydrolysis) is 1. The second kappa shape index (κ2) is 10.7. The summed E-state index contributed by atoms with van der Waals surface area (Å²) < 4.78 is 5.57. The Hall–Kier alpha value is -3.35. The second-order valence-corrected chi connectivity index (χ2v) is 10.2. The molecular weight excluding hydrogens is 432 g/mol.